The van der Waals surface area contributed by atoms with E-state index in [2.05, 4.69) is 5.32 Å². The molecule has 4 nitrogen and oxygen atoms in total. The van der Waals surface area contributed by atoms with E-state index in [0.29, 0.717) is 11.5 Å². The van der Waals surface area contributed by atoms with Crippen molar-refractivity contribution < 1.29 is 9.53 Å². The average molecular weight is 346 g/mol. The first-order chi connectivity index (χ1) is 12.7. The fourth-order valence-electron chi connectivity index (χ4n) is 3.35. The van der Waals surface area contributed by atoms with Crippen LogP contribution in [0.15, 0.2) is 54.6 Å². The Balaban J connectivity index is 1.67. The molecule has 1 aliphatic rings. The van der Waals surface area contributed by atoms with Gasteiger partial charge in [0.25, 0.3) is 5.91 Å². The van der Waals surface area contributed by atoms with Crippen LogP contribution in [0.3, 0.4) is 0 Å². The molecular weight excluding hydrogens is 324 g/mol. The predicted molar refractivity (Wildman–Crippen MR) is 103 cm³/mol. The van der Waals surface area contributed by atoms with Crippen LogP contribution in [0.1, 0.15) is 53.3 Å². The highest BCUT2D eigenvalue weighted by Gasteiger charge is 2.27. The van der Waals surface area contributed by atoms with Gasteiger partial charge >= 0.3 is 0 Å². The van der Waals surface area contributed by atoms with Gasteiger partial charge in [0.05, 0.1) is 24.2 Å². The summed E-state index contributed by atoms with van der Waals surface area (Å²) in [5, 5.41) is 4.01. The fraction of sp³-hybridized carbons (Fsp3) is 0.273. The molecule has 1 N–H and O–H groups in total. The minimum Gasteiger partial charge on any atom is -0.496 e. The molecule has 4 rings (SSSR count). The van der Waals surface area contributed by atoms with Crippen LogP contribution in [0.25, 0.3) is 10.9 Å². The van der Waals surface area contributed by atoms with E-state index < -0.39 is 0 Å². The van der Waals surface area contributed by atoms with Crippen molar-refractivity contribution in [1.29, 1.82) is 0 Å². The Labute approximate surface area is 153 Å². The van der Waals surface area contributed by atoms with Crippen LogP contribution >= 0.6 is 0 Å². The molecule has 0 saturated heterocycles. The Kier molecular flexibility index (Phi) is 4.33. The molecule has 1 atom stereocenters. The average Bonchev–Trinajstić information content (AvgIpc) is 3.52. The van der Waals surface area contributed by atoms with Gasteiger partial charge in [0, 0.05) is 22.6 Å². The fourth-order valence-corrected chi connectivity index (χ4v) is 3.35. The van der Waals surface area contributed by atoms with Crippen molar-refractivity contribution in [2.45, 2.75) is 31.7 Å². The summed E-state index contributed by atoms with van der Waals surface area (Å²) in [6.45, 7) is 1.97. The van der Waals surface area contributed by atoms with E-state index in [4.69, 9.17) is 9.72 Å². The zero-order chi connectivity index (χ0) is 18.1. The van der Waals surface area contributed by atoms with Crippen molar-refractivity contribution in [3.05, 3.63) is 71.4 Å². The van der Waals surface area contributed by atoms with Crippen LogP contribution < -0.4 is 10.1 Å². The summed E-state index contributed by atoms with van der Waals surface area (Å²) in [6.07, 6.45) is 2.31. The first-order valence-corrected chi connectivity index (χ1v) is 9.01. The van der Waals surface area contributed by atoms with Gasteiger partial charge in [-0.15, -0.1) is 0 Å². The van der Waals surface area contributed by atoms with Crippen molar-refractivity contribution >= 4 is 16.8 Å². The lowest BCUT2D eigenvalue weighted by molar-refractivity contribution is 0.0941. The van der Waals surface area contributed by atoms with Crippen molar-refractivity contribution in [2.75, 3.05) is 7.11 Å². The van der Waals surface area contributed by atoms with Crippen molar-refractivity contribution in [3.63, 3.8) is 0 Å². The maximum atomic E-state index is 13.1. The molecule has 1 fully saturated rings. The van der Waals surface area contributed by atoms with Crippen LogP contribution in [0.5, 0.6) is 5.75 Å². The molecule has 1 amide bonds. The molecule has 0 aliphatic heterocycles. The number of para-hydroxylation sites is 2. The predicted octanol–water partition coefficient (Wildman–Crippen LogP) is 4.61. The quantitative estimate of drug-likeness (QED) is 0.734. The summed E-state index contributed by atoms with van der Waals surface area (Å²) in [4.78, 5) is 17.8. The van der Waals surface area contributed by atoms with E-state index in [0.717, 1.165) is 40.8 Å². The summed E-state index contributed by atoms with van der Waals surface area (Å²) in [6, 6.07) is 17.4. The highest BCUT2D eigenvalue weighted by Crippen LogP contribution is 2.40. The second-order valence-corrected chi connectivity index (χ2v) is 6.82. The molecule has 0 radical (unpaired) electrons. The topological polar surface area (TPSA) is 51.2 Å². The lowest BCUT2D eigenvalue weighted by Crippen LogP contribution is -2.27. The van der Waals surface area contributed by atoms with Gasteiger partial charge in [-0.3, -0.25) is 9.78 Å². The molecule has 26 heavy (non-hydrogen) atoms. The molecule has 1 heterocycles. The standard InChI is InChI=1S/C22H22N2O2/c1-14(16-7-4-6-10-21(16)26-2)23-22(25)18-13-20(15-11-12-15)24-19-9-5-3-8-17(18)19/h3-10,13-15H,11-12H2,1-2H3,(H,23,25)/t14-/m0/s1. The summed E-state index contributed by atoms with van der Waals surface area (Å²) in [5.41, 5.74) is 3.56. The highest BCUT2D eigenvalue weighted by atomic mass is 16.5. The first-order valence-electron chi connectivity index (χ1n) is 9.01. The van der Waals surface area contributed by atoms with Crippen LogP contribution in [-0.4, -0.2) is 18.0 Å². The number of nitrogens with one attached hydrogen (secondary N) is 1. The Hall–Kier alpha value is -2.88. The summed E-state index contributed by atoms with van der Waals surface area (Å²) < 4.78 is 5.42. The number of carbonyl (C=O) groups is 1. The Morgan fingerprint density at radius 1 is 1.15 bits per heavy atom. The van der Waals surface area contributed by atoms with E-state index in [1.165, 1.54) is 0 Å². The van der Waals surface area contributed by atoms with Gasteiger partial charge in [-0.05, 0) is 38.0 Å². The number of methoxy groups -OCH3 is 1. The summed E-state index contributed by atoms with van der Waals surface area (Å²) in [5.74, 6) is 1.19. The van der Waals surface area contributed by atoms with Crippen molar-refractivity contribution in [2.24, 2.45) is 0 Å². The number of hydrogen-bond donors (Lipinski definition) is 1. The van der Waals surface area contributed by atoms with Crippen LogP contribution in [0.2, 0.25) is 0 Å². The highest BCUT2D eigenvalue weighted by molar-refractivity contribution is 6.06. The molecular formula is C22H22N2O2. The van der Waals surface area contributed by atoms with E-state index in [1.807, 2.05) is 61.5 Å². The summed E-state index contributed by atoms with van der Waals surface area (Å²) >= 11 is 0. The van der Waals surface area contributed by atoms with Crippen molar-refractivity contribution in [3.8, 4) is 5.75 Å². The number of fused-ring (bicyclic) bond motifs is 1. The minimum absolute atomic E-state index is 0.0797. The molecule has 0 bridgehead atoms. The minimum atomic E-state index is -0.157. The SMILES string of the molecule is COc1ccccc1[C@H](C)NC(=O)c1cc(C2CC2)nc2ccccc12. The molecule has 1 aromatic heterocycles. The normalized spacial score (nSPS) is 14.8. The number of carbonyl (C=O) groups excluding carboxylic acids is 1. The van der Waals surface area contributed by atoms with Gasteiger partial charge in [0.2, 0.25) is 0 Å². The molecule has 0 unspecified atom stereocenters. The smallest absolute Gasteiger partial charge is 0.252 e. The molecule has 3 aromatic rings. The largest absolute Gasteiger partial charge is 0.496 e. The Bertz CT molecular complexity index is 963. The van der Waals surface area contributed by atoms with Crippen LogP contribution in [0, 0.1) is 0 Å². The molecule has 1 saturated carbocycles. The maximum absolute atomic E-state index is 13.1. The molecule has 132 valence electrons. The number of pyridine rings is 1. The molecule has 0 spiro atoms. The zero-order valence-corrected chi connectivity index (χ0v) is 15.0. The first kappa shape index (κ1) is 16.6. The van der Waals surface area contributed by atoms with Crippen molar-refractivity contribution in [1.82, 2.24) is 10.3 Å². The number of rotatable bonds is 5. The maximum Gasteiger partial charge on any atom is 0.252 e. The van der Waals surface area contributed by atoms with E-state index in [1.54, 1.807) is 7.11 Å². The number of amides is 1. The third-order valence-electron chi connectivity index (χ3n) is 4.93. The second-order valence-electron chi connectivity index (χ2n) is 6.82. The van der Waals surface area contributed by atoms with Crippen LogP contribution in [0.4, 0.5) is 0 Å². The second kappa shape index (κ2) is 6.79. The monoisotopic (exact) mass is 346 g/mol. The molecule has 4 heteroatoms. The Morgan fingerprint density at radius 2 is 1.88 bits per heavy atom. The van der Waals surface area contributed by atoms with Gasteiger partial charge in [-0.2, -0.15) is 0 Å². The number of nitrogens with zero attached hydrogens (tertiary/aromatic N) is 1. The zero-order valence-electron chi connectivity index (χ0n) is 15.0. The number of benzene rings is 2. The Morgan fingerprint density at radius 3 is 2.65 bits per heavy atom. The van der Waals surface area contributed by atoms with E-state index >= 15 is 0 Å². The summed E-state index contributed by atoms with van der Waals surface area (Å²) in [7, 11) is 1.64. The molecule has 2 aromatic carbocycles. The van der Waals surface area contributed by atoms with Gasteiger partial charge < -0.3 is 10.1 Å². The van der Waals surface area contributed by atoms with Gasteiger partial charge in [-0.1, -0.05) is 36.4 Å². The number of hydrogen-bond acceptors (Lipinski definition) is 3. The number of ether oxygens (including phenoxy) is 1. The number of aromatic nitrogens is 1. The van der Waals surface area contributed by atoms with E-state index in [9.17, 15) is 4.79 Å². The lowest BCUT2D eigenvalue weighted by atomic mass is 10.0. The van der Waals surface area contributed by atoms with Gasteiger partial charge in [0.1, 0.15) is 5.75 Å². The van der Waals surface area contributed by atoms with Crippen LogP contribution in [-0.2, 0) is 0 Å². The van der Waals surface area contributed by atoms with E-state index in [-0.39, 0.29) is 11.9 Å². The lowest BCUT2D eigenvalue weighted by Gasteiger charge is -2.18. The van der Waals surface area contributed by atoms with Gasteiger partial charge in [-0.25, -0.2) is 0 Å². The molecule has 1 aliphatic carbocycles. The third-order valence-corrected chi connectivity index (χ3v) is 4.93. The van der Waals surface area contributed by atoms with Gasteiger partial charge in [0.15, 0.2) is 0 Å². The third kappa shape index (κ3) is 3.15.